The molecule has 0 radical (unpaired) electrons. The molecule has 1 aliphatic rings. The fourth-order valence-electron chi connectivity index (χ4n) is 1.19. The Morgan fingerprint density at radius 1 is 1.60 bits per heavy atom. The molecule has 5 nitrogen and oxygen atoms in total. The van der Waals surface area contributed by atoms with Crippen molar-refractivity contribution in [3.05, 3.63) is 10.4 Å². The molecule has 15 heavy (non-hydrogen) atoms. The van der Waals surface area contributed by atoms with Crippen LogP contribution in [0.15, 0.2) is 15.3 Å². The smallest absolute Gasteiger partial charge is 0.275 e. The molecule has 2 heterocycles. The number of guanidine groups is 1. The molecule has 0 spiro atoms. The van der Waals surface area contributed by atoms with E-state index in [2.05, 4.69) is 15.0 Å². The molecule has 2 N–H and O–H groups in total. The van der Waals surface area contributed by atoms with Gasteiger partial charge in [-0.25, -0.2) is 13.1 Å². The van der Waals surface area contributed by atoms with Crippen LogP contribution in [0.2, 0.25) is 4.34 Å². The fourth-order valence-corrected chi connectivity index (χ4v) is 3.94. The van der Waals surface area contributed by atoms with Gasteiger partial charge in [0.15, 0.2) is 4.21 Å². The lowest BCUT2D eigenvalue weighted by atomic mass is 10.5. The van der Waals surface area contributed by atoms with Gasteiger partial charge in [0, 0.05) is 6.54 Å². The summed E-state index contributed by atoms with van der Waals surface area (Å²) in [4.78, 5) is 3.96. The predicted octanol–water partition coefficient (Wildman–Crippen LogP) is 1.48. The molecule has 8 heteroatoms. The van der Waals surface area contributed by atoms with Crippen LogP contribution in [-0.2, 0) is 10.0 Å². The number of nitrogens with zero attached hydrogens (tertiary/aromatic N) is 1. The Bertz CT molecular complexity index is 520. The van der Waals surface area contributed by atoms with Crippen molar-refractivity contribution in [3.8, 4) is 0 Å². The van der Waals surface area contributed by atoms with Crippen molar-refractivity contribution in [2.24, 2.45) is 4.99 Å². The second-order valence-electron chi connectivity index (χ2n) is 2.81. The van der Waals surface area contributed by atoms with Crippen LogP contribution < -0.4 is 10.0 Å². The second-order valence-corrected chi connectivity index (χ2v) is 6.37. The monoisotopic (exact) mass is 265 g/mol. The Balaban J connectivity index is 2.53. The third-order valence-electron chi connectivity index (χ3n) is 1.71. The fraction of sp³-hybridized carbons (Fsp3) is 0.286. The number of hydrogen-bond acceptors (Lipinski definition) is 4. The quantitative estimate of drug-likeness (QED) is 0.808. The van der Waals surface area contributed by atoms with E-state index in [4.69, 9.17) is 11.6 Å². The molecule has 1 aromatic rings. The molecular weight excluding hydrogens is 258 g/mol. The molecule has 2 rings (SSSR count). The van der Waals surface area contributed by atoms with E-state index in [1.807, 2.05) is 6.92 Å². The molecule has 82 valence electrons. The first-order valence-corrected chi connectivity index (χ1v) is 6.84. The van der Waals surface area contributed by atoms with E-state index in [0.29, 0.717) is 16.6 Å². The molecule has 0 aromatic carbocycles. The molecule has 1 aliphatic heterocycles. The third kappa shape index (κ3) is 1.95. The first kappa shape index (κ1) is 10.7. The second kappa shape index (κ2) is 3.66. The summed E-state index contributed by atoms with van der Waals surface area (Å²) in [5.41, 5.74) is 0.482. The van der Waals surface area contributed by atoms with Crippen LogP contribution in [0.1, 0.15) is 6.92 Å². The van der Waals surface area contributed by atoms with Crippen LogP contribution in [0, 0.1) is 0 Å². The minimum Gasteiger partial charge on any atom is -0.324 e. The molecule has 0 atom stereocenters. The van der Waals surface area contributed by atoms with Gasteiger partial charge in [0.1, 0.15) is 0 Å². The minimum absolute atomic E-state index is 0.197. The maximum atomic E-state index is 11.7. The number of fused-ring (bicyclic) bond motifs is 1. The van der Waals surface area contributed by atoms with Crippen LogP contribution in [-0.4, -0.2) is 20.9 Å². The minimum atomic E-state index is -3.50. The highest BCUT2D eigenvalue weighted by molar-refractivity contribution is 7.92. The Labute approximate surface area is 96.2 Å². The van der Waals surface area contributed by atoms with E-state index in [0.717, 1.165) is 11.3 Å². The van der Waals surface area contributed by atoms with Crippen LogP contribution in [0.25, 0.3) is 0 Å². The lowest BCUT2D eigenvalue weighted by molar-refractivity contribution is 0.594. The van der Waals surface area contributed by atoms with Gasteiger partial charge in [-0.05, 0) is 13.0 Å². The van der Waals surface area contributed by atoms with Gasteiger partial charge in [0.25, 0.3) is 10.0 Å². The van der Waals surface area contributed by atoms with E-state index >= 15 is 0 Å². The van der Waals surface area contributed by atoms with Crippen LogP contribution >= 0.6 is 22.9 Å². The van der Waals surface area contributed by atoms with Gasteiger partial charge in [-0.15, -0.1) is 11.3 Å². The largest absolute Gasteiger partial charge is 0.324 e. The lowest BCUT2D eigenvalue weighted by Gasteiger charge is -2.17. The number of aliphatic imine (C=N–C) groups is 1. The van der Waals surface area contributed by atoms with Gasteiger partial charge in [-0.3, -0.25) is 4.99 Å². The van der Waals surface area contributed by atoms with Crippen molar-refractivity contribution in [2.45, 2.75) is 11.1 Å². The van der Waals surface area contributed by atoms with Gasteiger partial charge >= 0.3 is 0 Å². The predicted molar refractivity (Wildman–Crippen MR) is 61.2 cm³/mol. The Morgan fingerprint density at radius 2 is 2.33 bits per heavy atom. The maximum absolute atomic E-state index is 11.7. The number of nitrogens with one attached hydrogen (secondary N) is 2. The first-order valence-electron chi connectivity index (χ1n) is 4.16. The molecule has 0 unspecified atom stereocenters. The first-order chi connectivity index (χ1) is 7.03. The highest BCUT2D eigenvalue weighted by Gasteiger charge is 2.28. The van der Waals surface area contributed by atoms with Crippen molar-refractivity contribution in [1.82, 2.24) is 4.72 Å². The number of thiophene rings is 1. The number of hydrogen-bond donors (Lipinski definition) is 2. The van der Waals surface area contributed by atoms with Gasteiger partial charge in [-0.1, -0.05) is 11.6 Å². The van der Waals surface area contributed by atoms with Gasteiger partial charge < -0.3 is 5.32 Å². The normalized spacial score (nSPS) is 20.5. The molecule has 0 saturated heterocycles. The third-order valence-corrected chi connectivity index (χ3v) is 4.85. The van der Waals surface area contributed by atoms with Crippen molar-refractivity contribution in [1.29, 1.82) is 0 Å². The van der Waals surface area contributed by atoms with Crippen LogP contribution in [0.3, 0.4) is 0 Å². The molecule has 1 aromatic heterocycles. The summed E-state index contributed by atoms with van der Waals surface area (Å²) in [7, 11) is -3.50. The molecule has 0 saturated carbocycles. The van der Waals surface area contributed by atoms with Crippen LogP contribution in [0.5, 0.6) is 0 Å². The summed E-state index contributed by atoms with van der Waals surface area (Å²) in [5, 5.41) is 2.86. The van der Waals surface area contributed by atoms with E-state index in [1.165, 1.54) is 0 Å². The van der Waals surface area contributed by atoms with Crippen LogP contribution in [0.4, 0.5) is 5.69 Å². The zero-order chi connectivity index (χ0) is 11.1. The zero-order valence-electron chi connectivity index (χ0n) is 7.74. The number of anilines is 1. The highest BCUT2D eigenvalue weighted by Crippen LogP contribution is 2.36. The summed E-state index contributed by atoms with van der Waals surface area (Å²) < 4.78 is 26.3. The van der Waals surface area contributed by atoms with Crippen molar-refractivity contribution >= 4 is 44.6 Å². The SMILES string of the molecule is CCN=C1Nc2cc(Cl)sc2S(=O)(=O)N1. The zero-order valence-corrected chi connectivity index (χ0v) is 10.1. The van der Waals surface area contributed by atoms with Gasteiger partial charge in [-0.2, -0.15) is 0 Å². The molecule has 0 amide bonds. The summed E-state index contributed by atoms with van der Waals surface area (Å²) in [6.45, 7) is 2.32. The van der Waals surface area contributed by atoms with E-state index in [9.17, 15) is 8.42 Å². The Morgan fingerprint density at radius 3 is 3.00 bits per heavy atom. The van der Waals surface area contributed by atoms with Gasteiger partial charge in [0.2, 0.25) is 5.96 Å². The van der Waals surface area contributed by atoms with Gasteiger partial charge in [0.05, 0.1) is 10.0 Å². The molecular formula is C7H8ClN3O2S2. The standard InChI is InChI=1S/C7H8ClN3O2S2/c1-2-9-7-10-4-3-5(8)14-6(4)15(12,13)11-7/h3H,2H2,1H3,(H2,9,10,11). The average molecular weight is 266 g/mol. The number of halogens is 1. The van der Waals surface area contributed by atoms with Crippen molar-refractivity contribution in [3.63, 3.8) is 0 Å². The number of rotatable bonds is 1. The topological polar surface area (TPSA) is 70.6 Å². The summed E-state index contributed by atoms with van der Waals surface area (Å²) in [5.74, 6) is 0.236. The Kier molecular flexibility index (Phi) is 2.61. The molecule has 0 bridgehead atoms. The molecule has 0 aliphatic carbocycles. The summed E-state index contributed by atoms with van der Waals surface area (Å²) >= 11 is 6.76. The highest BCUT2D eigenvalue weighted by atomic mass is 35.5. The number of sulfonamides is 1. The van der Waals surface area contributed by atoms with Crippen molar-refractivity contribution < 1.29 is 8.42 Å². The van der Waals surface area contributed by atoms with E-state index < -0.39 is 10.0 Å². The lowest BCUT2D eigenvalue weighted by Crippen LogP contribution is -2.39. The average Bonchev–Trinajstić information content (AvgIpc) is 2.46. The van der Waals surface area contributed by atoms with Crippen molar-refractivity contribution in [2.75, 3.05) is 11.9 Å². The maximum Gasteiger partial charge on any atom is 0.275 e. The van der Waals surface area contributed by atoms with E-state index in [-0.39, 0.29) is 10.2 Å². The summed E-state index contributed by atoms with van der Waals surface area (Å²) in [6, 6.07) is 1.57. The summed E-state index contributed by atoms with van der Waals surface area (Å²) in [6.07, 6.45) is 0. The van der Waals surface area contributed by atoms with E-state index in [1.54, 1.807) is 6.07 Å². The molecule has 0 fully saturated rings. The Hall–Kier alpha value is -0.790.